The second-order valence-electron chi connectivity index (χ2n) is 5.70. The molecule has 2 amide bonds. The number of benzene rings is 1. The van der Waals surface area contributed by atoms with Gasteiger partial charge in [0.2, 0.25) is 5.91 Å². The number of rotatable bonds is 6. The molecule has 0 unspecified atom stereocenters. The van der Waals surface area contributed by atoms with Crippen molar-refractivity contribution < 1.29 is 14.0 Å². The molecule has 2 heterocycles. The summed E-state index contributed by atoms with van der Waals surface area (Å²) < 4.78 is 6.28. The van der Waals surface area contributed by atoms with Crippen LogP contribution in [0.2, 0.25) is 5.02 Å². The second-order valence-corrected chi connectivity index (χ2v) is 6.11. The third kappa shape index (κ3) is 4.26. The molecule has 0 radical (unpaired) electrons. The van der Waals surface area contributed by atoms with E-state index in [-0.39, 0.29) is 30.5 Å². The molecule has 140 valence electrons. The molecule has 0 atom stereocenters. The van der Waals surface area contributed by atoms with Crippen molar-refractivity contribution in [1.29, 1.82) is 0 Å². The zero-order valence-electron chi connectivity index (χ0n) is 14.4. The minimum atomic E-state index is -0.513. The largest absolute Gasteiger partial charge is 0.467 e. The molecule has 0 aliphatic rings. The summed E-state index contributed by atoms with van der Waals surface area (Å²) >= 11 is 6.04. The van der Waals surface area contributed by atoms with Crippen molar-refractivity contribution in [2.75, 3.05) is 11.1 Å². The van der Waals surface area contributed by atoms with Gasteiger partial charge < -0.3 is 20.8 Å². The van der Waals surface area contributed by atoms with E-state index >= 15 is 0 Å². The van der Waals surface area contributed by atoms with E-state index in [1.165, 1.54) is 6.26 Å². The topological polar surface area (TPSA) is 128 Å². The lowest BCUT2D eigenvalue weighted by Crippen LogP contribution is -2.25. The third-order valence-corrected chi connectivity index (χ3v) is 4.24. The Bertz CT molecular complexity index is 967. The van der Waals surface area contributed by atoms with Gasteiger partial charge in [-0.2, -0.15) is 0 Å². The van der Waals surface area contributed by atoms with Crippen LogP contribution in [0.3, 0.4) is 0 Å². The molecule has 3 aromatic rings. The fraction of sp³-hybridized carbons (Fsp3) is 0.176. The first-order valence-electron chi connectivity index (χ1n) is 8.00. The van der Waals surface area contributed by atoms with Crippen LogP contribution in [0.5, 0.6) is 0 Å². The van der Waals surface area contributed by atoms with Crippen LogP contribution in [0.1, 0.15) is 21.8 Å². The zero-order chi connectivity index (χ0) is 19.4. The molecule has 0 bridgehead atoms. The molecule has 1 aromatic carbocycles. The van der Waals surface area contributed by atoms with Crippen LogP contribution in [0.15, 0.2) is 41.0 Å². The van der Waals surface area contributed by atoms with Crippen molar-refractivity contribution in [2.24, 2.45) is 0 Å². The van der Waals surface area contributed by atoms with Crippen molar-refractivity contribution >= 4 is 34.9 Å². The van der Waals surface area contributed by atoms with Crippen molar-refractivity contribution in [3.8, 4) is 0 Å². The lowest BCUT2D eigenvalue weighted by Gasteiger charge is -2.09. The Labute approximate surface area is 159 Å². The van der Waals surface area contributed by atoms with E-state index in [0.717, 1.165) is 10.2 Å². The van der Waals surface area contributed by atoms with Crippen LogP contribution >= 0.6 is 11.6 Å². The fourth-order valence-corrected chi connectivity index (χ4v) is 2.51. The molecule has 0 fully saturated rings. The molecule has 0 saturated heterocycles. The SMILES string of the molecule is Cc1c(Cl)cccc1NC(=O)Cn1nnc(C(=O)NCc2ccco2)c1N. The number of carbonyl (C=O) groups is 2. The molecule has 0 saturated carbocycles. The molecule has 27 heavy (non-hydrogen) atoms. The Balaban J connectivity index is 1.63. The van der Waals surface area contributed by atoms with Crippen LogP contribution in [0.25, 0.3) is 0 Å². The van der Waals surface area contributed by atoms with Gasteiger partial charge in [-0.1, -0.05) is 22.9 Å². The third-order valence-electron chi connectivity index (χ3n) is 3.83. The number of amides is 2. The van der Waals surface area contributed by atoms with E-state index in [2.05, 4.69) is 20.9 Å². The normalized spacial score (nSPS) is 10.6. The molecule has 0 aliphatic heterocycles. The van der Waals surface area contributed by atoms with E-state index in [4.69, 9.17) is 21.8 Å². The molecular weight excluding hydrogens is 372 g/mol. The summed E-state index contributed by atoms with van der Waals surface area (Å²) in [6, 6.07) is 8.64. The van der Waals surface area contributed by atoms with Gasteiger partial charge in [-0.3, -0.25) is 9.59 Å². The predicted octanol–water partition coefficient (Wildman–Crippen LogP) is 1.98. The average Bonchev–Trinajstić information content (AvgIpc) is 3.28. The lowest BCUT2D eigenvalue weighted by atomic mass is 10.2. The summed E-state index contributed by atoms with van der Waals surface area (Å²) in [4.78, 5) is 24.4. The molecule has 3 rings (SSSR count). The number of hydrogen-bond acceptors (Lipinski definition) is 6. The molecule has 10 heteroatoms. The maximum Gasteiger partial charge on any atom is 0.276 e. The lowest BCUT2D eigenvalue weighted by molar-refractivity contribution is -0.116. The summed E-state index contributed by atoms with van der Waals surface area (Å²) in [6.45, 7) is 1.78. The quantitative estimate of drug-likeness (QED) is 0.592. The van der Waals surface area contributed by atoms with Gasteiger partial charge in [-0.05, 0) is 36.8 Å². The summed E-state index contributed by atoms with van der Waals surface area (Å²) in [5.41, 5.74) is 7.17. The van der Waals surface area contributed by atoms with Gasteiger partial charge >= 0.3 is 0 Å². The second kappa shape index (κ2) is 7.92. The monoisotopic (exact) mass is 388 g/mol. The Kier molecular flexibility index (Phi) is 5.41. The van der Waals surface area contributed by atoms with Gasteiger partial charge in [0, 0.05) is 10.7 Å². The summed E-state index contributed by atoms with van der Waals surface area (Å²) in [6.07, 6.45) is 1.51. The Morgan fingerprint density at radius 2 is 2.11 bits per heavy atom. The summed E-state index contributed by atoms with van der Waals surface area (Å²) in [5, 5.41) is 13.4. The first kappa shape index (κ1) is 18.5. The number of nitrogen functional groups attached to an aromatic ring is 1. The smallest absolute Gasteiger partial charge is 0.276 e. The number of nitrogens with one attached hydrogen (secondary N) is 2. The van der Waals surface area contributed by atoms with Crippen LogP contribution in [0.4, 0.5) is 11.5 Å². The average molecular weight is 389 g/mol. The minimum Gasteiger partial charge on any atom is -0.467 e. The fourth-order valence-electron chi connectivity index (χ4n) is 2.33. The van der Waals surface area contributed by atoms with Gasteiger partial charge in [-0.25, -0.2) is 4.68 Å². The molecule has 9 nitrogen and oxygen atoms in total. The van der Waals surface area contributed by atoms with Gasteiger partial charge in [0.05, 0.1) is 12.8 Å². The Hall–Kier alpha value is -3.33. The van der Waals surface area contributed by atoms with Gasteiger partial charge in [0.1, 0.15) is 12.3 Å². The first-order valence-corrected chi connectivity index (χ1v) is 8.38. The Morgan fingerprint density at radius 3 is 2.85 bits per heavy atom. The standard InChI is InChI=1S/C17H17ClN6O3/c1-10-12(18)5-2-6-13(10)21-14(25)9-24-16(19)15(22-23-24)17(26)20-8-11-4-3-7-27-11/h2-7H,8-9,19H2,1H3,(H,20,26)(H,21,25). The van der Waals surface area contributed by atoms with E-state index in [0.29, 0.717) is 16.5 Å². The Morgan fingerprint density at radius 1 is 1.30 bits per heavy atom. The molecule has 2 aromatic heterocycles. The number of furan rings is 1. The number of nitrogens with zero attached hydrogens (tertiary/aromatic N) is 3. The maximum atomic E-state index is 12.2. The predicted molar refractivity (Wildman–Crippen MR) is 99.1 cm³/mol. The van der Waals surface area contributed by atoms with Crippen molar-refractivity contribution in [2.45, 2.75) is 20.0 Å². The van der Waals surface area contributed by atoms with Crippen LogP contribution in [-0.4, -0.2) is 26.8 Å². The molecule has 0 spiro atoms. The number of nitrogens with two attached hydrogens (primary N) is 1. The van der Waals surface area contributed by atoms with Crippen LogP contribution in [0, 0.1) is 6.92 Å². The van der Waals surface area contributed by atoms with Gasteiger partial charge in [0.25, 0.3) is 5.91 Å². The zero-order valence-corrected chi connectivity index (χ0v) is 15.2. The van der Waals surface area contributed by atoms with Crippen molar-refractivity contribution in [3.63, 3.8) is 0 Å². The van der Waals surface area contributed by atoms with Crippen molar-refractivity contribution in [3.05, 3.63) is 58.6 Å². The van der Waals surface area contributed by atoms with Crippen LogP contribution in [-0.2, 0) is 17.9 Å². The highest BCUT2D eigenvalue weighted by atomic mass is 35.5. The van der Waals surface area contributed by atoms with Crippen LogP contribution < -0.4 is 16.4 Å². The minimum absolute atomic E-state index is 0.00934. The number of carbonyl (C=O) groups excluding carboxylic acids is 2. The van der Waals surface area contributed by atoms with Crippen molar-refractivity contribution in [1.82, 2.24) is 20.3 Å². The van der Waals surface area contributed by atoms with E-state index < -0.39 is 5.91 Å². The highest BCUT2D eigenvalue weighted by Crippen LogP contribution is 2.23. The molecular formula is C17H17ClN6O3. The number of anilines is 2. The van der Waals surface area contributed by atoms with Gasteiger partial charge in [-0.15, -0.1) is 5.10 Å². The summed E-state index contributed by atoms with van der Waals surface area (Å²) in [7, 11) is 0. The van der Waals surface area contributed by atoms with Gasteiger partial charge in [0.15, 0.2) is 11.5 Å². The summed E-state index contributed by atoms with van der Waals surface area (Å²) in [5.74, 6) is -0.309. The van der Waals surface area contributed by atoms with E-state index in [1.54, 1.807) is 37.3 Å². The number of hydrogen-bond donors (Lipinski definition) is 3. The highest BCUT2D eigenvalue weighted by Gasteiger charge is 2.19. The number of aromatic nitrogens is 3. The maximum absolute atomic E-state index is 12.2. The first-order chi connectivity index (χ1) is 13.0. The molecule has 4 N–H and O–H groups in total. The van der Waals surface area contributed by atoms with E-state index in [9.17, 15) is 9.59 Å². The number of halogens is 1. The highest BCUT2D eigenvalue weighted by molar-refractivity contribution is 6.31. The molecule has 0 aliphatic carbocycles. The van der Waals surface area contributed by atoms with E-state index in [1.807, 2.05) is 0 Å².